The van der Waals surface area contributed by atoms with E-state index in [2.05, 4.69) is 54.6 Å². The van der Waals surface area contributed by atoms with Gasteiger partial charge in [-0.1, -0.05) is 12.1 Å². The number of likely N-dealkylation sites (tertiary alicyclic amines) is 1. The van der Waals surface area contributed by atoms with Gasteiger partial charge in [0.15, 0.2) is 5.11 Å². The van der Waals surface area contributed by atoms with Gasteiger partial charge in [0.25, 0.3) is 0 Å². The van der Waals surface area contributed by atoms with E-state index in [0.29, 0.717) is 5.92 Å². The molecule has 1 aromatic carbocycles. The molecular formula is C16H25N3S. The van der Waals surface area contributed by atoms with Crippen molar-refractivity contribution in [2.45, 2.75) is 26.7 Å². The van der Waals surface area contributed by atoms with Gasteiger partial charge in [0.05, 0.1) is 0 Å². The molecule has 0 saturated carbocycles. The Kier molecular flexibility index (Phi) is 5.38. The van der Waals surface area contributed by atoms with E-state index < -0.39 is 0 Å². The second-order valence-corrected chi connectivity index (χ2v) is 6.33. The summed E-state index contributed by atoms with van der Waals surface area (Å²) in [6.07, 6.45) is 2.59. The van der Waals surface area contributed by atoms with Gasteiger partial charge in [-0.05, 0) is 75.6 Å². The summed E-state index contributed by atoms with van der Waals surface area (Å²) in [4.78, 5) is 2.40. The van der Waals surface area contributed by atoms with Crippen LogP contribution in [0.2, 0.25) is 0 Å². The molecule has 1 aliphatic heterocycles. The second-order valence-electron chi connectivity index (χ2n) is 5.92. The highest BCUT2D eigenvalue weighted by Gasteiger charge is 2.17. The van der Waals surface area contributed by atoms with Crippen molar-refractivity contribution in [1.82, 2.24) is 10.2 Å². The van der Waals surface area contributed by atoms with Gasteiger partial charge in [-0.15, -0.1) is 0 Å². The number of benzene rings is 1. The first kappa shape index (κ1) is 15.3. The van der Waals surface area contributed by atoms with E-state index in [0.717, 1.165) is 17.3 Å². The van der Waals surface area contributed by atoms with Crippen molar-refractivity contribution in [1.29, 1.82) is 0 Å². The van der Waals surface area contributed by atoms with E-state index in [9.17, 15) is 0 Å². The molecule has 1 aromatic rings. The Morgan fingerprint density at radius 2 is 2.20 bits per heavy atom. The molecule has 0 spiro atoms. The molecule has 1 heterocycles. The lowest BCUT2D eigenvalue weighted by atomic mass is 9.99. The first-order valence-electron chi connectivity index (χ1n) is 7.35. The fourth-order valence-electron chi connectivity index (χ4n) is 2.71. The van der Waals surface area contributed by atoms with Crippen molar-refractivity contribution >= 4 is 23.0 Å². The highest BCUT2D eigenvalue weighted by Crippen LogP contribution is 2.17. The quantitative estimate of drug-likeness (QED) is 0.837. The summed E-state index contributed by atoms with van der Waals surface area (Å²) in [6.45, 7) is 7.54. The number of piperidine rings is 1. The zero-order chi connectivity index (χ0) is 14.5. The molecular weight excluding hydrogens is 266 g/mol. The minimum atomic E-state index is 0.701. The normalized spacial score (nSPS) is 19.6. The van der Waals surface area contributed by atoms with Crippen LogP contribution in [0.3, 0.4) is 0 Å². The Hall–Kier alpha value is -1.13. The van der Waals surface area contributed by atoms with Gasteiger partial charge in [-0.2, -0.15) is 0 Å². The Labute approximate surface area is 127 Å². The molecule has 1 fully saturated rings. The topological polar surface area (TPSA) is 27.3 Å². The lowest BCUT2D eigenvalue weighted by Crippen LogP contribution is -2.40. The van der Waals surface area contributed by atoms with Crippen LogP contribution in [0.1, 0.15) is 24.0 Å². The minimum Gasteiger partial charge on any atom is -0.362 e. The van der Waals surface area contributed by atoms with Crippen LogP contribution in [-0.4, -0.2) is 36.7 Å². The van der Waals surface area contributed by atoms with E-state index in [-0.39, 0.29) is 0 Å². The van der Waals surface area contributed by atoms with Crippen LogP contribution >= 0.6 is 12.2 Å². The highest BCUT2D eigenvalue weighted by atomic mass is 32.1. The molecule has 0 amide bonds. The van der Waals surface area contributed by atoms with Crippen molar-refractivity contribution < 1.29 is 0 Å². The molecule has 2 N–H and O–H groups in total. The van der Waals surface area contributed by atoms with Gasteiger partial charge >= 0.3 is 0 Å². The Balaban J connectivity index is 1.82. The van der Waals surface area contributed by atoms with Gasteiger partial charge < -0.3 is 15.5 Å². The number of nitrogens with zero attached hydrogens (tertiary/aromatic N) is 1. The van der Waals surface area contributed by atoms with Crippen molar-refractivity contribution in [3.8, 4) is 0 Å². The lowest BCUT2D eigenvalue weighted by Gasteiger charge is -2.30. The minimum absolute atomic E-state index is 0.701. The van der Waals surface area contributed by atoms with Crippen LogP contribution in [-0.2, 0) is 0 Å². The summed E-state index contributed by atoms with van der Waals surface area (Å²) in [7, 11) is 2.19. The number of rotatable bonds is 3. The molecule has 1 aliphatic rings. The van der Waals surface area contributed by atoms with Gasteiger partial charge in [0.1, 0.15) is 0 Å². The van der Waals surface area contributed by atoms with Crippen LogP contribution in [0.25, 0.3) is 0 Å². The number of anilines is 1. The maximum Gasteiger partial charge on any atom is 0.170 e. The second kappa shape index (κ2) is 7.04. The predicted molar refractivity (Wildman–Crippen MR) is 90.4 cm³/mol. The molecule has 3 nitrogen and oxygen atoms in total. The van der Waals surface area contributed by atoms with Crippen LogP contribution in [0.5, 0.6) is 0 Å². The first-order valence-corrected chi connectivity index (χ1v) is 7.76. The largest absolute Gasteiger partial charge is 0.362 e. The molecule has 1 saturated heterocycles. The summed E-state index contributed by atoms with van der Waals surface area (Å²) in [5, 5.41) is 7.40. The van der Waals surface area contributed by atoms with Gasteiger partial charge in [0, 0.05) is 18.8 Å². The first-order chi connectivity index (χ1) is 9.54. The predicted octanol–water partition coefficient (Wildman–Crippen LogP) is 2.93. The maximum atomic E-state index is 5.40. The van der Waals surface area contributed by atoms with Crippen molar-refractivity contribution in [2.75, 3.05) is 32.0 Å². The molecule has 0 aromatic heterocycles. The molecule has 4 heteroatoms. The third-order valence-electron chi connectivity index (χ3n) is 3.91. The summed E-state index contributed by atoms with van der Waals surface area (Å²) in [5.41, 5.74) is 3.57. The number of aryl methyl sites for hydroxylation is 2. The van der Waals surface area contributed by atoms with Crippen LogP contribution in [0, 0.1) is 19.8 Å². The van der Waals surface area contributed by atoms with Crippen LogP contribution in [0.15, 0.2) is 18.2 Å². The van der Waals surface area contributed by atoms with Crippen LogP contribution < -0.4 is 10.6 Å². The number of thiocarbonyl (C=S) groups is 1. The van der Waals surface area contributed by atoms with E-state index in [4.69, 9.17) is 12.2 Å². The fraction of sp³-hybridized carbons (Fsp3) is 0.562. The summed E-state index contributed by atoms with van der Waals surface area (Å²) in [6, 6.07) is 6.38. The zero-order valence-electron chi connectivity index (χ0n) is 12.7. The average molecular weight is 291 g/mol. The van der Waals surface area contributed by atoms with Gasteiger partial charge in [-0.25, -0.2) is 0 Å². The number of hydrogen-bond acceptors (Lipinski definition) is 2. The standard InChI is InChI=1S/C16H25N3S/c1-12-6-7-13(2)15(9-12)18-16(20)17-10-14-5-4-8-19(3)11-14/h6-7,9,14H,4-5,8,10-11H2,1-3H3,(H2,17,18,20)/t14-/m1/s1. The molecule has 20 heavy (non-hydrogen) atoms. The lowest BCUT2D eigenvalue weighted by molar-refractivity contribution is 0.211. The highest BCUT2D eigenvalue weighted by molar-refractivity contribution is 7.80. The average Bonchev–Trinajstić information content (AvgIpc) is 2.41. The molecule has 1 atom stereocenters. The Bertz CT molecular complexity index is 473. The monoisotopic (exact) mass is 291 g/mol. The van der Waals surface area contributed by atoms with E-state index in [1.54, 1.807) is 0 Å². The maximum absolute atomic E-state index is 5.40. The smallest absolute Gasteiger partial charge is 0.170 e. The molecule has 110 valence electrons. The van der Waals surface area contributed by atoms with E-state index >= 15 is 0 Å². The zero-order valence-corrected chi connectivity index (χ0v) is 13.5. The summed E-state index contributed by atoms with van der Waals surface area (Å²) >= 11 is 5.40. The molecule has 0 unspecified atom stereocenters. The van der Waals surface area contributed by atoms with Gasteiger partial charge in [-0.3, -0.25) is 0 Å². The molecule has 0 aliphatic carbocycles. The van der Waals surface area contributed by atoms with Crippen molar-refractivity contribution in [2.24, 2.45) is 5.92 Å². The van der Waals surface area contributed by atoms with Crippen molar-refractivity contribution in [3.63, 3.8) is 0 Å². The van der Waals surface area contributed by atoms with Crippen molar-refractivity contribution in [3.05, 3.63) is 29.3 Å². The Morgan fingerprint density at radius 3 is 2.95 bits per heavy atom. The summed E-state index contributed by atoms with van der Waals surface area (Å²) < 4.78 is 0. The summed E-state index contributed by atoms with van der Waals surface area (Å²) in [5.74, 6) is 0.701. The van der Waals surface area contributed by atoms with Gasteiger partial charge in [0.2, 0.25) is 0 Å². The molecule has 0 bridgehead atoms. The molecule has 0 radical (unpaired) electrons. The Morgan fingerprint density at radius 1 is 1.40 bits per heavy atom. The fourth-order valence-corrected chi connectivity index (χ4v) is 2.91. The SMILES string of the molecule is Cc1ccc(C)c(NC(=S)NC[C@H]2CCCN(C)C2)c1. The molecule has 2 rings (SSSR count). The number of nitrogens with one attached hydrogen (secondary N) is 2. The van der Waals surface area contributed by atoms with Crippen LogP contribution in [0.4, 0.5) is 5.69 Å². The number of hydrogen-bond donors (Lipinski definition) is 2. The third kappa shape index (κ3) is 4.46. The van der Waals surface area contributed by atoms with E-state index in [1.165, 1.54) is 37.1 Å². The van der Waals surface area contributed by atoms with E-state index in [1.807, 2.05) is 0 Å². The third-order valence-corrected chi connectivity index (χ3v) is 4.16.